The lowest BCUT2D eigenvalue weighted by Crippen LogP contribution is -1.98. The van der Waals surface area contributed by atoms with Crippen molar-refractivity contribution in [1.82, 2.24) is 5.16 Å². The number of anilines is 1. The number of nitrogen functional groups attached to an aromatic ring is 1. The molecule has 0 saturated heterocycles. The molecule has 0 aliphatic carbocycles. The van der Waals surface area contributed by atoms with Gasteiger partial charge < -0.3 is 19.7 Å². The molecule has 1 aromatic heterocycles. The van der Waals surface area contributed by atoms with Crippen LogP contribution in [0.2, 0.25) is 0 Å². The van der Waals surface area contributed by atoms with Crippen LogP contribution in [0.1, 0.15) is 12.5 Å². The highest BCUT2D eigenvalue weighted by atomic mass is 79.9. The van der Waals surface area contributed by atoms with Crippen LogP contribution in [0.3, 0.4) is 0 Å². The molecule has 2 rings (SSSR count). The molecule has 6 heteroatoms. The van der Waals surface area contributed by atoms with Crippen LogP contribution in [-0.2, 0) is 6.42 Å². The zero-order valence-corrected chi connectivity index (χ0v) is 12.6. The first-order valence-corrected chi connectivity index (χ1v) is 6.57. The second-order valence-electron chi connectivity index (χ2n) is 3.92. The van der Waals surface area contributed by atoms with Crippen LogP contribution in [0.5, 0.6) is 11.5 Å². The first kappa shape index (κ1) is 13.7. The maximum atomic E-state index is 5.60. The Hall–Kier alpha value is -1.69. The summed E-state index contributed by atoms with van der Waals surface area (Å²) in [5.74, 6) is 2.30. The summed E-state index contributed by atoms with van der Waals surface area (Å²) in [6, 6.07) is 3.60. The molecule has 102 valence electrons. The van der Waals surface area contributed by atoms with E-state index in [-0.39, 0.29) is 0 Å². The normalized spacial score (nSPS) is 10.5. The highest BCUT2D eigenvalue weighted by Crippen LogP contribution is 2.44. The average molecular weight is 327 g/mol. The summed E-state index contributed by atoms with van der Waals surface area (Å²) in [7, 11) is 3.22. The third kappa shape index (κ3) is 2.40. The van der Waals surface area contributed by atoms with Crippen LogP contribution in [0.15, 0.2) is 21.1 Å². The number of methoxy groups -OCH3 is 2. The van der Waals surface area contributed by atoms with Gasteiger partial charge in [0.1, 0.15) is 0 Å². The van der Waals surface area contributed by atoms with Crippen molar-refractivity contribution in [1.29, 1.82) is 0 Å². The number of benzene rings is 1. The Morgan fingerprint density at radius 2 is 1.95 bits per heavy atom. The minimum absolute atomic E-state index is 0.350. The molecule has 0 amide bonds. The van der Waals surface area contributed by atoms with Crippen molar-refractivity contribution < 1.29 is 14.0 Å². The van der Waals surface area contributed by atoms with Crippen molar-refractivity contribution in [3.05, 3.63) is 22.2 Å². The Morgan fingerprint density at radius 1 is 1.26 bits per heavy atom. The van der Waals surface area contributed by atoms with Crippen molar-refractivity contribution in [2.24, 2.45) is 0 Å². The molecule has 19 heavy (non-hydrogen) atoms. The van der Waals surface area contributed by atoms with E-state index >= 15 is 0 Å². The Morgan fingerprint density at radius 3 is 2.42 bits per heavy atom. The number of nitrogens with two attached hydrogens (primary N) is 1. The largest absolute Gasteiger partial charge is 0.493 e. The molecule has 1 heterocycles. The quantitative estimate of drug-likeness (QED) is 0.933. The number of ether oxygens (including phenoxy) is 2. The topological polar surface area (TPSA) is 70.5 Å². The summed E-state index contributed by atoms with van der Waals surface area (Å²) in [5.41, 5.74) is 7.47. The highest BCUT2D eigenvalue weighted by molar-refractivity contribution is 9.10. The molecule has 0 aliphatic heterocycles. The van der Waals surface area contributed by atoms with Gasteiger partial charge in [-0.15, -0.1) is 0 Å². The van der Waals surface area contributed by atoms with Gasteiger partial charge in [-0.1, -0.05) is 12.1 Å². The molecular weight excluding hydrogens is 312 g/mol. The van der Waals surface area contributed by atoms with Crippen molar-refractivity contribution in [2.45, 2.75) is 13.3 Å². The van der Waals surface area contributed by atoms with Crippen LogP contribution in [0, 0.1) is 0 Å². The second-order valence-corrected chi connectivity index (χ2v) is 4.77. The van der Waals surface area contributed by atoms with Crippen molar-refractivity contribution in [3.8, 4) is 22.8 Å². The summed E-state index contributed by atoms with van der Waals surface area (Å²) in [6.07, 6.45) is 0.767. The molecule has 0 atom stereocenters. The smallest absolute Gasteiger partial charge is 0.175 e. The molecular formula is C13H15BrN2O3. The molecule has 0 radical (unpaired) electrons. The van der Waals surface area contributed by atoms with Gasteiger partial charge >= 0.3 is 0 Å². The van der Waals surface area contributed by atoms with E-state index in [1.807, 2.05) is 13.0 Å². The van der Waals surface area contributed by atoms with Gasteiger partial charge in [-0.2, -0.15) is 0 Å². The second kappa shape index (κ2) is 5.52. The van der Waals surface area contributed by atoms with E-state index in [2.05, 4.69) is 21.1 Å². The van der Waals surface area contributed by atoms with E-state index in [1.165, 1.54) is 0 Å². The molecule has 1 aromatic carbocycles. The van der Waals surface area contributed by atoms with E-state index in [0.29, 0.717) is 23.1 Å². The molecule has 0 aliphatic rings. The average Bonchev–Trinajstić information content (AvgIpc) is 2.83. The van der Waals surface area contributed by atoms with Crippen LogP contribution < -0.4 is 15.2 Å². The van der Waals surface area contributed by atoms with Crippen LogP contribution in [-0.4, -0.2) is 19.4 Å². The Bertz CT molecular complexity index is 596. The lowest BCUT2D eigenvalue weighted by Gasteiger charge is -2.16. The molecule has 5 nitrogen and oxygen atoms in total. The molecule has 0 bridgehead atoms. The SMILES string of the molecule is CCc1c(-c2cc(N)no2)cc(Br)c(OC)c1OC. The number of nitrogens with zero attached hydrogens (tertiary/aromatic N) is 1. The monoisotopic (exact) mass is 326 g/mol. The van der Waals surface area contributed by atoms with Crippen molar-refractivity contribution in [2.75, 3.05) is 20.0 Å². The molecule has 2 aromatic rings. The summed E-state index contributed by atoms with van der Waals surface area (Å²) < 4.78 is 16.8. The van der Waals surface area contributed by atoms with Gasteiger partial charge in [-0.25, -0.2) is 0 Å². The number of hydrogen-bond donors (Lipinski definition) is 1. The summed E-state index contributed by atoms with van der Waals surface area (Å²) in [4.78, 5) is 0. The highest BCUT2D eigenvalue weighted by Gasteiger charge is 2.20. The fourth-order valence-electron chi connectivity index (χ4n) is 2.04. The number of hydrogen-bond acceptors (Lipinski definition) is 5. The number of halogens is 1. The first-order chi connectivity index (χ1) is 9.12. The standard InChI is InChI=1S/C13H15BrN2O3/c1-4-7-8(10-6-11(15)16-19-10)5-9(14)13(18-3)12(7)17-2/h5-6H,4H2,1-3H3,(H2,15,16). The molecule has 0 fully saturated rings. The molecule has 0 spiro atoms. The fourth-order valence-corrected chi connectivity index (χ4v) is 2.61. The molecule has 2 N–H and O–H groups in total. The minimum atomic E-state index is 0.350. The lowest BCUT2D eigenvalue weighted by molar-refractivity contribution is 0.350. The number of rotatable bonds is 4. The third-order valence-corrected chi connectivity index (χ3v) is 3.44. The van der Waals surface area contributed by atoms with Gasteiger partial charge in [0, 0.05) is 17.2 Å². The van der Waals surface area contributed by atoms with Crippen molar-refractivity contribution in [3.63, 3.8) is 0 Å². The van der Waals surface area contributed by atoms with E-state index < -0.39 is 0 Å². The zero-order chi connectivity index (χ0) is 14.0. The summed E-state index contributed by atoms with van der Waals surface area (Å²) in [5, 5.41) is 3.71. The van der Waals surface area contributed by atoms with Crippen LogP contribution in [0.4, 0.5) is 5.82 Å². The Labute approximate surface area is 119 Å². The third-order valence-electron chi connectivity index (χ3n) is 2.85. The molecule has 0 saturated carbocycles. The predicted octanol–water partition coefficient (Wildman–Crippen LogP) is 3.27. The lowest BCUT2D eigenvalue weighted by atomic mass is 10.0. The number of aromatic nitrogens is 1. The van der Waals surface area contributed by atoms with Gasteiger partial charge in [-0.3, -0.25) is 0 Å². The Kier molecular flexibility index (Phi) is 3.99. The molecule has 0 unspecified atom stereocenters. The fraction of sp³-hybridized carbons (Fsp3) is 0.308. The minimum Gasteiger partial charge on any atom is -0.493 e. The van der Waals surface area contributed by atoms with Crippen LogP contribution in [0.25, 0.3) is 11.3 Å². The maximum absolute atomic E-state index is 5.60. The predicted molar refractivity (Wildman–Crippen MR) is 76.5 cm³/mol. The van der Waals surface area contributed by atoms with Crippen LogP contribution >= 0.6 is 15.9 Å². The summed E-state index contributed by atoms with van der Waals surface area (Å²) >= 11 is 3.47. The van der Waals surface area contributed by atoms with Gasteiger partial charge in [0.15, 0.2) is 23.1 Å². The Balaban J connectivity index is 2.71. The van der Waals surface area contributed by atoms with E-state index in [9.17, 15) is 0 Å². The zero-order valence-electron chi connectivity index (χ0n) is 11.0. The van der Waals surface area contributed by atoms with Gasteiger partial charge in [0.2, 0.25) is 0 Å². The van der Waals surface area contributed by atoms with Gasteiger partial charge in [-0.05, 0) is 28.4 Å². The first-order valence-electron chi connectivity index (χ1n) is 5.78. The summed E-state index contributed by atoms with van der Waals surface area (Å²) in [6.45, 7) is 2.04. The van der Waals surface area contributed by atoms with Crippen molar-refractivity contribution >= 4 is 21.7 Å². The van der Waals surface area contributed by atoms with E-state index in [0.717, 1.165) is 22.0 Å². The van der Waals surface area contributed by atoms with E-state index in [4.69, 9.17) is 19.7 Å². The van der Waals surface area contributed by atoms with E-state index in [1.54, 1.807) is 20.3 Å². The van der Waals surface area contributed by atoms with Gasteiger partial charge in [0.05, 0.1) is 18.7 Å². The van der Waals surface area contributed by atoms with Gasteiger partial charge in [0.25, 0.3) is 0 Å². The maximum Gasteiger partial charge on any atom is 0.175 e.